The third-order valence-electron chi connectivity index (χ3n) is 3.82. The van der Waals surface area contributed by atoms with Crippen LogP contribution in [0.5, 0.6) is 11.5 Å². The number of amides is 1. The lowest BCUT2D eigenvalue weighted by atomic mass is 10.2. The first-order chi connectivity index (χ1) is 12.5. The van der Waals surface area contributed by atoms with E-state index >= 15 is 0 Å². The molecule has 0 fully saturated rings. The molecule has 0 atom stereocenters. The van der Waals surface area contributed by atoms with E-state index < -0.39 is 0 Å². The number of nitrogens with one attached hydrogen (secondary N) is 2. The summed E-state index contributed by atoms with van der Waals surface area (Å²) in [6, 6.07) is 5.75. The molecule has 0 aliphatic rings. The number of aromatic nitrogens is 1. The van der Waals surface area contributed by atoms with Crippen molar-refractivity contribution in [1.82, 2.24) is 15.6 Å². The van der Waals surface area contributed by atoms with Gasteiger partial charge in [0.25, 0.3) is 5.91 Å². The van der Waals surface area contributed by atoms with E-state index in [4.69, 9.17) is 9.47 Å². The van der Waals surface area contributed by atoms with Crippen LogP contribution in [0.25, 0.3) is 0 Å². The Balaban J connectivity index is 1.84. The zero-order valence-electron chi connectivity index (χ0n) is 15.8. The van der Waals surface area contributed by atoms with E-state index in [1.165, 1.54) is 4.88 Å². The molecule has 26 heavy (non-hydrogen) atoms. The number of hydrogen-bond donors (Lipinski definition) is 2. The van der Waals surface area contributed by atoms with Gasteiger partial charge in [-0.15, -0.1) is 11.3 Å². The highest BCUT2D eigenvalue weighted by molar-refractivity contribution is 7.11. The van der Waals surface area contributed by atoms with Crippen LogP contribution in [-0.4, -0.2) is 37.7 Å². The van der Waals surface area contributed by atoms with Gasteiger partial charge in [-0.3, -0.25) is 4.79 Å². The minimum atomic E-state index is -0.145. The van der Waals surface area contributed by atoms with Crippen molar-refractivity contribution in [1.29, 1.82) is 0 Å². The maximum absolute atomic E-state index is 11.5. The maximum Gasteiger partial charge on any atom is 0.257 e. The second-order valence-corrected chi connectivity index (χ2v) is 7.18. The summed E-state index contributed by atoms with van der Waals surface area (Å²) in [5.74, 6) is 1.05. The van der Waals surface area contributed by atoms with Crippen LogP contribution in [0.1, 0.15) is 28.1 Å². The van der Waals surface area contributed by atoms with Crippen molar-refractivity contribution in [2.75, 3.05) is 26.8 Å². The zero-order chi connectivity index (χ0) is 18.9. The van der Waals surface area contributed by atoms with Gasteiger partial charge >= 0.3 is 0 Å². The largest absolute Gasteiger partial charge is 0.493 e. The van der Waals surface area contributed by atoms with Gasteiger partial charge < -0.3 is 20.1 Å². The Hall–Kier alpha value is -2.12. The maximum atomic E-state index is 11.5. The van der Waals surface area contributed by atoms with Crippen LogP contribution < -0.4 is 20.1 Å². The molecule has 1 amide bonds. The summed E-state index contributed by atoms with van der Waals surface area (Å²) in [7, 11) is 1.60. The fourth-order valence-corrected chi connectivity index (χ4v) is 3.51. The molecule has 0 saturated carbocycles. The fourth-order valence-electron chi connectivity index (χ4n) is 2.57. The Morgan fingerprint density at radius 1 is 1.27 bits per heavy atom. The number of nitrogens with zero attached hydrogens (tertiary/aromatic N) is 1. The van der Waals surface area contributed by atoms with E-state index in [2.05, 4.69) is 22.5 Å². The highest BCUT2D eigenvalue weighted by Gasteiger charge is 2.09. The molecule has 2 aromatic rings. The van der Waals surface area contributed by atoms with Gasteiger partial charge in [0.2, 0.25) is 0 Å². The number of ether oxygens (including phenoxy) is 2. The molecule has 0 aliphatic heterocycles. The van der Waals surface area contributed by atoms with Crippen molar-refractivity contribution in [2.24, 2.45) is 0 Å². The molecule has 1 aromatic heterocycles. The Bertz CT molecular complexity index is 731. The molecular formula is C19H27N3O3S. The van der Waals surface area contributed by atoms with Gasteiger partial charge in [-0.2, -0.15) is 0 Å². The van der Waals surface area contributed by atoms with Crippen molar-refractivity contribution >= 4 is 17.2 Å². The predicted molar refractivity (Wildman–Crippen MR) is 104 cm³/mol. The van der Waals surface area contributed by atoms with Crippen LogP contribution in [0.2, 0.25) is 0 Å². The first-order valence-corrected chi connectivity index (χ1v) is 9.55. The second-order valence-electron chi connectivity index (χ2n) is 5.90. The molecule has 1 heterocycles. The monoisotopic (exact) mass is 377 g/mol. The smallest absolute Gasteiger partial charge is 0.257 e. The quantitative estimate of drug-likeness (QED) is 0.623. The molecule has 7 heteroatoms. The lowest BCUT2D eigenvalue weighted by Crippen LogP contribution is -2.28. The lowest BCUT2D eigenvalue weighted by Gasteiger charge is -2.12. The van der Waals surface area contributed by atoms with Gasteiger partial charge in [0.05, 0.1) is 17.8 Å². The highest BCUT2D eigenvalue weighted by atomic mass is 32.1. The average molecular weight is 378 g/mol. The van der Waals surface area contributed by atoms with E-state index in [1.807, 2.05) is 32.0 Å². The molecule has 2 N–H and O–H groups in total. The van der Waals surface area contributed by atoms with Crippen molar-refractivity contribution in [3.8, 4) is 11.5 Å². The third-order valence-corrected chi connectivity index (χ3v) is 4.95. The van der Waals surface area contributed by atoms with Crippen LogP contribution in [0.3, 0.4) is 0 Å². The van der Waals surface area contributed by atoms with Crippen LogP contribution in [0.4, 0.5) is 0 Å². The third kappa shape index (κ3) is 6.00. The van der Waals surface area contributed by atoms with Crippen molar-refractivity contribution in [2.45, 2.75) is 33.7 Å². The summed E-state index contributed by atoms with van der Waals surface area (Å²) in [4.78, 5) is 17.3. The van der Waals surface area contributed by atoms with Crippen LogP contribution in [0.15, 0.2) is 18.2 Å². The second kappa shape index (κ2) is 10.1. The number of carbonyl (C=O) groups excluding carboxylic acids is 1. The Morgan fingerprint density at radius 3 is 2.73 bits per heavy atom. The van der Waals surface area contributed by atoms with Crippen LogP contribution in [0, 0.1) is 13.8 Å². The Morgan fingerprint density at radius 2 is 2.08 bits per heavy atom. The van der Waals surface area contributed by atoms with E-state index in [0.29, 0.717) is 18.0 Å². The van der Waals surface area contributed by atoms with Gasteiger partial charge in [0.1, 0.15) is 0 Å². The van der Waals surface area contributed by atoms with Gasteiger partial charge in [0.15, 0.2) is 18.1 Å². The Labute approximate surface area is 158 Å². The van der Waals surface area contributed by atoms with Gasteiger partial charge in [-0.05, 0) is 44.9 Å². The molecule has 0 saturated heterocycles. The molecule has 0 bridgehead atoms. The molecule has 0 radical (unpaired) electrons. The minimum Gasteiger partial charge on any atom is -0.493 e. The van der Waals surface area contributed by atoms with Gasteiger partial charge in [-0.1, -0.05) is 6.07 Å². The van der Waals surface area contributed by atoms with Crippen molar-refractivity contribution in [3.05, 3.63) is 39.3 Å². The average Bonchev–Trinajstić information content (AvgIpc) is 2.94. The number of methoxy groups -OCH3 is 1. The molecule has 1 aromatic carbocycles. The number of carbonyl (C=O) groups is 1. The summed E-state index contributed by atoms with van der Waals surface area (Å²) in [5.41, 5.74) is 2.23. The molecule has 0 aliphatic carbocycles. The number of aryl methyl sites for hydroxylation is 2. The normalized spacial score (nSPS) is 10.6. The minimum absolute atomic E-state index is 0.0184. The first kappa shape index (κ1) is 20.2. The number of rotatable bonds is 10. The Kier molecular flexibility index (Phi) is 7.87. The van der Waals surface area contributed by atoms with Gasteiger partial charge in [-0.25, -0.2) is 4.98 Å². The molecular weight excluding hydrogens is 350 g/mol. The van der Waals surface area contributed by atoms with E-state index in [1.54, 1.807) is 18.4 Å². The van der Waals surface area contributed by atoms with E-state index in [-0.39, 0.29) is 12.5 Å². The van der Waals surface area contributed by atoms with Crippen molar-refractivity contribution < 1.29 is 14.3 Å². The predicted octanol–water partition coefficient (Wildman–Crippen LogP) is 2.62. The van der Waals surface area contributed by atoms with Crippen LogP contribution >= 0.6 is 11.3 Å². The van der Waals surface area contributed by atoms with Crippen molar-refractivity contribution in [3.63, 3.8) is 0 Å². The van der Waals surface area contributed by atoms with E-state index in [0.717, 1.165) is 35.8 Å². The molecule has 0 unspecified atom stereocenters. The molecule has 142 valence electrons. The number of likely N-dealkylation sites (N-methyl/N-ethyl adjacent to an activating group) is 1. The molecule has 0 spiro atoms. The topological polar surface area (TPSA) is 72.5 Å². The molecule has 2 rings (SSSR count). The first-order valence-electron chi connectivity index (χ1n) is 8.73. The zero-order valence-corrected chi connectivity index (χ0v) is 16.7. The standard InChI is InChI=1S/C19H27N3O3S/c1-5-21-19(23)12-25-16-7-6-15(10-17(16)24-4)11-20-9-8-18-13(2)22-14(3)26-18/h6-7,10,20H,5,8-9,11-12H2,1-4H3,(H,21,23). The summed E-state index contributed by atoms with van der Waals surface area (Å²) in [5, 5.41) is 7.26. The number of thiazole rings is 1. The summed E-state index contributed by atoms with van der Waals surface area (Å²) < 4.78 is 10.9. The van der Waals surface area contributed by atoms with Gasteiger partial charge in [0, 0.05) is 24.5 Å². The fraction of sp³-hybridized carbons (Fsp3) is 0.474. The molecule has 6 nitrogen and oxygen atoms in total. The SMILES string of the molecule is CCNC(=O)COc1ccc(CNCCc2sc(C)nc2C)cc1OC. The van der Waals surface area contributed by atoms with E-state index in [9.17, 15) is 4.79 Å². The van der Waals surface area contributed by atoms with Crippen LogP contribution in [-0.2, 0) is 17.8 Å². The summed E-state index contributed by atoms with van der Waals surface area (Å²) in [6.07, 6.45) is 0.974. The lowest BCUT2D eigenvalue weighted by molar-refractivity contribution is -0.123. The summed E-state index contributed by atoms with van der Waals surface area (Å²) >= 11 is 1.76. The number of benzene rings is 1. The highest BCUT2D eigenvalue weighted by Crippen LogP contribution is 2.28. The summed E-state index contributed by atoms with van der Waals surface area (Å²) in [6.45, 7) is 8.17. The number of hydrogen-bond acceptors (Lipinski definition) is 6.